The highest BCUT2D eigenvalue weighted by Crippen LogP contribution is 2.19. The Morgan fingerprint density at radius 1 is 1.38 bits per heavy atom. The van der Waals surface area contributed by atoms with Crippen molar-refractivity contribution < 1.29 is 14.3 Å². The number of esters is 1. The first-order valence-corrected chi connectivity index (χ1v) is 7.30. The van der Waals surface area contributed by atoms with Gasteiger partial charge in [0.25, 0.3) is 0 Å². The molecule has 1 fully saturated rings. The number of nitrogens with zero attached hydrogens (tertiary/aromatic N) is 2. The molecule has 1 aliphatic rings. The molecule has 1 aromatic rings. The summed E-state index contributed by atoms with van der Waals surface area (Å²) in [6.45, 7) is 3.63. The van der Waals surface area contributed by atoms with Gasteiger partial charge in [-0.05, 0) is 39.2 Å². The molecule has 5 nitrogen and oxygen atoms in total. The number of ether oxygens (including phenoxy) is 2. The van der Waals surface area contributed by atoms with Crippen LogP contribution in [0.4, 0.5) is 0 Å². The number of hydrogen-bond donors (Lipinski definition) is 0. The summed E-state index contributed by atoms with van der Waals surface area (Å²) in [4.78, 5) is 16.3. The molecule has 1 aliphatic heterocycles. The van der Waals surface area contributed by atoms with E-state index in [9.17, 15) is 4.79 Å². The second kappa shape index (κ2) is 7.43. The normalized spacial score (nSPS) is 19.0. The van der Waals surface area contributed by atoms with Gasteiger partial charge in [-0.3, -0.25) is 4.90 Å². The summed E-state index contributed by atoms with van der Waals surface area (Å²) in [6, 6.07) is 7.83. The van der Waals surface area contributed by atoms with Crippen LogP contribution < -0.4 is 4.74 Å². The Morgan fingerprint density at radius 2 is 2.14 bits per heavy atom. The van der Waals surface area contributed by atoms with E-state index in [1.165, 1.54) is 13.5 Å². The highest BCUT2D eigenvalue weighted by atomic mass is 16.5. The number of rotatable bonds is 6. The second-order valence-electron chi connectivity index (χ2n) is 5.54. The van der Waals surface area contributed by atoms with Gasteiger partial charge in [0.15, 0.2) is 0 Å². The maximum atomic E-state index is 11.7. The molecule has 1 aromatic carbocycles. The van der Waals surface area contributed by atoms with Crippen molar-refractivity contribution >= 4 is 5.97 Å². The minimum atomic E-state index is -0.362. The van der Waals surface area contributed by atoms with Gasteiger partial charge in [-0.15, -0.1) is 0 Å². The maximum absolute atomic E-state index is 11.7. The SMILES string of the molecule is COC(=O)c1ccccc1OCCN1CC[C@H](N(C)C)C1. The summed E-state index contributed by atoms with van der Waals surface area (Å²) in [5.41, 5.74) is 0.479. The van der Waals surface area contributed by atoms with Crippen molar-refractivity contribution in [1.82, 2.24) is 9.80 Å². The molecule has 0 N–H and O–H groups in total. The molecule has 0 radical (unpaired) electrons. The third-order valence-corrected chi connectivity index (χ3v) is 3.94. The first kappa shape index (κ1) is 15.8. The molecular weight excluding hydrogens is 268 g/mol. The Labute approximate surface area is 126 Å². The van der Waals surface area contributed by atoms with Gasteiger partial charge in [0.1, 0.15) is 17.9 Å². The van der Waals surface area contributed by atoms with Crippen LogP contribution in [0.3, 0.4) is 0 Å². The third-order valence-electron chi connectivity index (χ3n) is 3.94. The highest BCUT2D eigenvalue weighted by molar-refractivity contribution is 5.92. The molecule has 116 valence electrons. The van der Waals surface area contributed by atoms with Gasteiger partial charge < -0.3 is 14.4 Å². The summed E-state index contributed by atoms with van der Waals surface area (Å²) in [5, 5.41) is 0. The Balaban J connectivity index is 1.83. The van der Waals surface area contributed by atoms with E-state index in [0.717, 1.165) is 19.6 Å². The van der Waals surface area contributed by atoms with Gasteiger partial charge in [-0.1, -0.05) is 12.1 Å². The number of para-hydroxylation sites is 1. The zero-order chi connectivity index (χ0) is 15.2. The zero-order valence-corrected chi connectivity index (χ0v) is 13.0. The molecule has 0 spiro atoms. The van der Waals surface area contributed by atoms with E-state index < -0.39 is 0 Å². The summed E-state index contributed by atoms with van der Waals surface area (Å²) < 4.78 is 10.5. The summed E-state index contributed by atoms with van der Waals surface area (Å²) in [6.07, 6.45) is 1.20. The molecule has 1 heterocycles. The Kier molecular flexibility index (Phi) is 5.59. The number of likely N-dealkylation sites (tertiary alicyclic amines) is 1. The molecule has 0 aliphatic carbocycles. The first-order chi connectivity index (χ1) is 10.1. The van der Waals surface area contributed by atoms with E-state index >= 15 is 0 Å². The molecule has 0 unspecified atom stereocenters. The topological polar surface area (TPSA) is 42.0 Å². The predicted molar refractivity (Wildman–Crippen MR) is 81.8 cm³/mol. The summed E-state index contributed by atoms with van der Waals surface area (Å²) >= 11 is 0. The average Bonchev–Trinajstić information content (AvgIpc) is 2.96. The fourth-order valence-electron chi connectivity index (χ4n) is 2.59. The van der Waals surface area contributed by atoms with Crippen molar-refractivity contribution in [1.29, 1.82) is 0 Å². The van der Waals surface area contributed by atoms with Crippen LogP contribution in [-0.2, 0) is 4.74 Å². The van der Waals surface area contributed by atoms with Crippen molar-refractivity contribution in [2.24, 2.45) is 0 Å². The molecule has 1 atom stereocenters. The maximum Gasteiger partial charge on any atom is 0.341 e. The van der Waals surface area contributed by atoms with E-state index in [2.05, 4.69) is 23.9 Å². The Morgan fingerprint density at radius 3 is 2.81 bits per heavy atom. The Bertz CT molecular complexity index is 476. The number of carbonyl (C=O) groups is 1. The van der Waals surface area contributed by atoms with Crippen molar-refractivity contribution in [3.05, 3.63) is 29.8 Å². The lowest BCUT2D eigenvalue weighted by molar-refractivity contribution is 0.0595. The van der Waals surface area contributed by atoms with Crippen LogP contribution in [0.25, 0.3) is 0 Å². The third kappa shape index (κ3) is 4.19. The quantitative estimate of drug-likeness (QED) is 0.743. The van der Waals surface area contributed by atoms with Crippen LogP contribution in [0.5, 0.6) is 5.75 Å². The van der Waals surface area contributed by atoms with Crippen LogP contribution in [0.1, 0.15) is 16.8 Å². The smallest absolute Gasteiger partial charge is 0.341 e. The molecule has 0 bridgehead atoms. The zero-order valence-electron chi connectivity index (χ0n) is 13.0. The number of methoxy groups -OCH3 is 1. The van der Waals surface area contributed by atoms with E-state index in [1.807, 2.05) is 6.07 Å². The molecular formula is C16H24N2O3. The largest absolute Gasteiger partial charge is 0.491 e. The average molecular weight is 292 g/mol. The standard InChI is InChI=1S/C16H24N2O3/c1-17(2)13-8-9-18(12-13)10-11-21-15-7-5-4-6-14(15)16(19)20-3/h4-7,13H,8-12H2,1-3H3/t13-/m0/s1. The van der Waals surface area contributed by atoms with Crippen LogP contribution in [0.15, 0.2) is 24.3 Å². The van der Waals surface area contributed by atoms with Crippen molar-refractivity contribution in [3.8, 4) is 5.75 Å². The van der Waals surface area contributed by atoms with E-state index in [4.69, 9.17) is 9.47 Å². The highest BCUT2D eigenvalue weighted by Gasteiger charge is 2.23. The second-order valence-corrected chi connectivity index (χ2v) is 5.54. The number of carbonyl (C=O) groups excluding carboxylic acids is 1. The number of likely N-dealkylation sites (N-methyl/N-ethyl adjacent to an activating group) is 1. The summed E-state index contributed by atoms with van der Waals surface area (Å²) in [7, 11) is 5.62. The van der Waals surface area contributed by atoms with Gasteiger partial charge in [0.05, 0.1) is 7.11 Å². The molecule has 5 heteroatoms. The first-order valence-electron chi connectivity index (χ1n) is 7.30. The number of benzene rings is 1. The molecule has 2 rings (SSSR count). The van der Waals surface area contributed by atoms with Gasteiger partial charge >= 0.3 is 5.97 Å². The Hall–Kier alpha value is -1.59. The van der Waals surface area contributed by atoms with E-state index in [0.29, 0.717) is 24.0 Å². The van der Waals surface area contributed by atoms with Crippen LogP contribution >= 0.6 is 0 Å². The van der Waals surface area contributed by atoms with Gasteiger partial charge in [-0.2, -0.15) is 0 Å². The van der Waals surface area contributed by atoms with Gasteiger partial charge in [0, 0.05) is 19.1 Å². The van der Waals surface area contributed by atoms with Crippen molar-refractivity contribution in [2.45, 2.75) is 12.5 Å². The molecule has 0 saturated carbocycles. The minimum Gasteiger partial charge on any atom is -0.491 e. The molecule has 0 amide bonds. The van der Waals surface area contributed by atoms with Crippen LogP contribution in [-0.4, -0.2) is 69.3 Å². The van der Waals surface area contributed by atoms with Crippen molar-refractivity contribution in [2.75, 3.05) is 47.4 Å². The predicted octanol–water partition coefficient (Wildman–Crippen LogP) is 1.49. The van der Waals surface area contributed by atoms with Crippen molar-refractivity contribution in [3.63, 3.8) is 0 Å². The fraction of sp³-hybridized carbons (Fsp3) is 0.562. The molecule has 0 aromatic heterocycles. The molecule has 21 heavy (non-hydrogen) atoms. The van der Waals surface area contributed by atoms with E-state index in [-0.39, 0.29) is 5.97 Å². The van der Waals surface area contributed by atoms with Crippen LogP contribution in [0, 0.1) is 0 Å². The fourth-order valence-corrected chi connectivity index (χ4v) is 2.59. The van der Waals surface area contributed by atoms with Gasteiger partial charge in [0.2, 0.25) is 0 Å². The minimum absolute atomic E-state index is 0.362. The lowest BCUT2D eigenvalue weighted by Crippen LogP contribution is -2.33. The van der Waals surface area contributed by atoms with Crippen LogP contribution in [0.2, 0.25) is 0 Å². The number of hydrogen-bond acceptors (Lipinski definition) is 5. The van der Waals surface area contributed by atoms with Gasteiger partial charge in [-0.25, -0.2) is 4.79 Å². The summed E-state index contributed by atoms with van der Waals surface area (Å²) in [5.74, 6) is 0.229. The monoisotopic (exact) mass is 292 g/mol. The lowest BCUT2D eigenvalue weighted by Gasteiger charge is -2.20. The lowest BCUT2D eigenvalue weighted by atomic mass is 10.2. The molecule has 1 saturated heterocycles. The van der Waals surface area contributed by atoms with E-state index in [1.54, 1.807) is 18.2 Å².